The number of nitrogens with one attached hydrogen (secondary N) is 1. The Hall–Kier alpha value is -3.61. The summed E-state index contributed by atoms with van der Waals surface area (Å²) in [6.45, 7) is 0.191. The van der Waals surface area contributed by atoms with Crippen LogP contribution in [-0.2, 0) is 4.79 Å². The monoisotopic (exact) mass is 348 g/mol. The first-order valence-corrected chi connectivity index (χ1v) is 8.01. The van der Waals surface area contributed by atoms with E-state index < -0.39 is 0 Å². The molecule has 0 unspecified atom stereocenters. The molecule has 1 aliphatic rings. The van der Waals surface area contributed by atoms with Crippen molar-refractivity contribution in [3.05, 3.63) is 66.3 Å². The van der Waals surface area contributed by atoms with Gasteiger partial charge in [0.05, 0.1) is 18.4 Å². The molecule has 0 fully saturated rings. The number of rotatable bonds is 4. The van der Waals surface area contributed by atoms with Gasteiger partial charge >= 0.3 is 0 Å². The number of anilines is 1. The van der Waals surface area contributed by atoms with E-state index in [0.717, 1.165) is 11.3 Å². The van der Waals surface area contributed by atoms with Crippen molar-refractivity contribution < 1.29 is 14.3 Å². The van der Waals surface area contributed by atoms with Gasteiger partial charge in [0.25, 0.3) is 5.91 Å². The maximum Gasteiger partial charge on any atom is 0.255 e. The van der Waals surface area contributed by atoms with Crippen LogP contribution in [0.15, 0.2) is 60.7 Å². The van der Waals surface area contributed by atoms with E-state index in [2.05, 4.69) is 15.4 Å². The van der Waals surface area contributed by atoms with Gasteiger partial charge in [-0.3, -0.25) is 4.79 Å². The molecule has 2 heterocycles. The van der Waals surface area contributed by atoms with Crippen molar-refractivity contribution in [2.75, 3.05) is 19.0 Å². The molecule has 0 spiro atoms. The Morgan fingerprint density at radius 2 is 2.08 bits per heavy atom. The van der Waals surface area contributed by atoms with E-state index in [1.807, 2.05) is 48.5 Å². The Morgan fingerprint density at radius 1 is 1.23 bits per heavy atom. The molecule has 1 aliphatic heterocycles. The quantitative estimate of drug-likeness (QED) is 0.784. The molecule has 3 aromatic rings. The molecule has 2 aromatic carbocycles. The lowest BCUT2D eigenvalue weighted by atomic mass is 10.1. The van der Waals surface area contributed by atoms with E-state index in [1.54, 1.807) is 18.1 Å². The van der Waals surface area contributed by atoms with Crippen LogP contribution in [0.1, 0.15) is 5.56 Å². The Balaban J connectivity index is 1.51. The predicted molar refractivity (Wildman–Crippen MR) is 96.5 cm³/mol. The standard InChI is InChI=1S/C19H16N4O3/c1-25-17-4-2-3-13-9-14(10-26-18(13)17)19(24)22-15-5-7-16(8-6-15)23-12-20-11-21-23/h2-9,11-12H,10H2,1H3,(H,22,24). The highest BCUT2D eigenvalue weighted by atomic mass is 16.5. The van der Waals surface area contributed by atoms with Crippen molar-refractivity contribution in [3.8, 4) is 17.2 Å². The molecule has 0 saturated carbocycles. The van der Waals surface area contributed by atoms with Gasteiger partial charge in [0.1, 0.15) is 19.3 Å². The lowest BCUT2D eigenvalue weighted by molar-refractivity contribution is -0.113. The number of hydrogen-bond donors (Lipinski definition) is 1. The third kappa shape index (κ3) is 3.02. The fraction of sp³-hybridized carbons (Fsp3) is 0.105. The second-order valence-electron chi connectivity index (χ2n) is 5.68. The van der Waals surface area contributed by atoms with Crippen LogP contribution in [0.2, 0.25) is 0 Å². The van der Waals surface area contributed by atoms with Crippen molar-refractivity contribution in [3.63, 3.8) is 0 Å². The molecule has 0 saturated heterocycles. The largest absolute Gasteiger partial charge is 0.493 e. The van der Waals surface area contributed by atoms with Gasteiger partial charge in [0.2, 0.25) is 0 Å². The van der Waals surface area contributed by atoms with E-state index in [0.29, 0.717) is 22.8 Å². The van der Waals surface area contributed by atoms with Crippen LogP contribution in [0.5, 0.6) is 11.5 Å². The smallest absolute Gasteiger partial charge is 0.255 e. The molecular formula is C19H16N4O3. The SMILES string of the molecule is COc1cccc2c1OCC(C(=O)Nc1ccc(-n3cncn3)cc1)=C2. The molecule has 26 heavy (non-hydrogen) atoms. The molecule has 130 valence electrons. The summed E-state index contributed by atoms with van der Waals surface area (Å²) in [5, 5.41) is 6.95. The molecule has 0 atom stereocenters. The first-order chi connectivity index (χ1) is 12.7. The predicted octanol–water partition coefficient (Wildman–Crippen LogP) is 2.69. The van der Waals surface area contributed by atoms with E-state index >= 15 is 0 Å². The molecule has 1 amide bonds. The van der Waals surface area contributed by atoms with Gasteiger partial charge in [-0.2, -0.15) is 5.10 Å². The molecule has 7 heteroatoms. The van der Waals surface area contributed by atoms with Gasteiger partial charge in [-0.15, -0.1) is 0 Å². The number of methoxy groups -OCH3 is 1. The van der Waals surface area contributed by atoms with Crippen molar-refractivity contribution in [1.82, 2.24) is 14.8 Å². The number of ether oxygens (including phenoxy) is 2. The number of aromatic nitrogens is 3. The number of fused-ring (bicyclic) bond motifs is 1. The van der Waals surface area contributed by atoms with Crippen molar-refractivity contribution >= 4 is 17.7 Å². The fourth-order valence-electron chi connectivity index (χ4n) is 2.72. The number of benzene rings is 2. The summed E-state index contributed by atoms with van der Waals surface area (Å²) in [5.41, 5.74) is 2.92. The van der Waals surface area contributed by atoms with Gasteiger partial charge in [0, 0.05) is 11.3 Å². The third-order valence-corrected chi connectivity index (χ3v) is 4.03. The molecule has 0 aliphatic carbocycles. The summed E-state index contributed by atoms with van der Waals surface area (Å²) < 4.78 is 12.6. The van der Waals surface area contributed by atoms with Crippen LogP contribution in [0.3, 0.4) is 0 Å². The van der Waals surface area contributed by atoms with Crippen molar-refractivity contribution in [2.24, 2.45) is 0 Å². The molecule has 0 radical (unpaired) electrons. The zero-order chi connectivity index (χ0) is 17.9. The van der Waals surface area contributed by atoms with Crippen LogP contribution in [0.4, 0.5) is 5.69 Å². The third-order valence-electron chi connectivity index (χ3n) is 4.03. The van der Waals surface area contributed by atoms with Gasteiger partial charge in [0.15, 0.2) is 11.5 Å². The summed E-state index contributed by atoms with van der Waals surface area (Å²) in [6.07, 6.45) is 4.90. The number of carbonyl (C=O) groups excluding carboxylic acids is 1. The van der Waals surface area contributed by atoms with Crippen molar-refractivity contribution in [1.29, 1.82) is 0 Å². The minimum atomic E-state index is -0.202. The van der Waals surface area contributed by atoms with Gasteiger partial charge in [-0.25, -0.2) is 9.67 Å². The van der Waals surface area contributed by atoms with E-state index in [-0.39, 0.29) is 12.5 Å². The summed E-state index contributed by atoms with van der Waals surface area (Å²) in [5.74, 6) is 1.11. The van der Waals surface area contributed by atoms with Crippen LogP contribution >= 0.6 is 0 Å². The normalized spacial score (nSPS) is 12.6. The highest BCUT2D eigenvalue weighted by molar-refractivity contribution is 6.07. The summed E-state index contributed by atoms with van der Waals surface area (Å²) >= 11 is 0. The first kappa shape index (κ1) is 15.9. The molecule has 7 nitrogen and oxygen atoms in total. The fourth-order valence-corrected chi connectivity index (χ4v) is 2.72. The average molecular weight is 348 g/mol. The van der Waals surface area contributed by atoms with Gasteiger partial charge in [-0.05, 0) is 36.4 Å². The van der Waals surface area contributed by atoms with Gasteiger partial charge in [-0.1, -0.05) is 12.1 Å². The number of hydrogen-bond acceptors (Lipinski definition) is 5. The Morgan fingerprint density at radius 3 is 2.81 bits per heavy atom. The summed E-state index contributed by atoms with van der Waals surface area (Å²) in [6, 6.07) is 12.9. The Labute approximate surface area is 149 Å². The molecule has 4 rings (SSSR count). The van der Waals surface area contributed by atoms with Crippen LogP contribution in [0, 0.1) is 0 Å². The lowest BCUT2D eigenvalue weighted by Gasteiger charge is -2.19. The molecule has 1 N–H and O–H groups in total. The van der Waals surface area contributed by atoms with Crippen LogP contribution < -0.4 is 14.8 Å². The second-order valence-corrected chi connectivity index (χ2v) is 5.68. The zero-order valence-corrected chi connectivity index (χ0v) is 14.0. The van der Waals surface area contributed by atoms with E-state index in [1.165, 1.54) is 6.33 Å². The minimum Gasteiger partial charge on any atom is -0.493 e. The topological polar surface area (TPSA) is 78.3 Å². The highest BCUT2D eigenvalue weighted by Gasteiger charge is 2.20. The van der Waals surface area contributed by atoms with Crippen LogP contribution in [-0.4, -0.2) is 34.4 Å². The Bertz CT molecular complexity index is 963. The summed E-state index contributed by atoms with van der Waals surface area (Å²) in [4.78, 5) is 16.4. The number of carbonyl (C=O) groups is 1. The average Bonchev–Trinajstić information content (AvgIpc) is 3.22. The van der Waals surface area contributed by atoms with Crippen LogP contribution in [0.25, 0.3) is 11.8 Å². The zero-order valence-electron chi connectivity index (χ0n) is 14.0. The molecule has 1 aromatic heterocycles. The van der Waals surface area contributed by atoms with Crippen molar-refractivity contribution in [2.45, 2.75) is 0 Å². The number of amides is 1. The molecule has 0 bridgehead atoms. The van der Waals surface area contributed by atoms with E-state index in [4.69, 9.17) is 9.47 Å². The summed E-state index contributed by atoms with van der Waals surface area (Å²) in [7, 11) is 1.59. The second kappa shape index (κ2) is 6.72. The molecular weight excluding hydrogens is 332 g/mol. The minimum absolute atomic E-state index is 0.191. The Kier molecular flexibility index (Phi) is 4.10. The number of nitrogens with zero attached hydrogens (tertiary/aromatic N) is 3. The van der Waals surface area contributed by atoms with E-state index in [9.17, 15) is 4.79 Å². The maximum absolute atomic E-state index is 12.5. The first-order valence-electron chi connectivity index (χ1n) is 8.01. The lowest BCUT2D eigenvalue weighted by Crippen LogP contribution is -2.21. The van der Waals surface area contributed by atoms with Gasteiger partial charge < -0.3 is 14.8 Å². The highest BCUT2D eigenvalue weighted by Crippen LogP contribution is 2.35. The number of para-hydroxylation sites is 1. The maximum atomic E-state index is 12.5.